The van der Waals surface area contributed by atoms with E-state index in [0.29, 0.717) is 11.1 Å². The van der Waals surface area contributed by atoms with E-state index in [1.54, 1.807) is 12.1 Å². The zero-order valence-electron chi connectivity index (χ0n) is 25.6. The van der Waals surface area contributed by atoms with Crippen LogP contribution in [0.15, 0.2) is 42.5 Å². The van der Waals surface area contributed by atoms with Crippen molar-refractivity contribution in [3.8, 4) is 23.0 Å². The predicted molar refractivity (Wildman–Crippen MR) is 158 cm³/mol. The standard InChI is InChI=1S/C31H40O16/c1-41-19-7-4-16(11-18(19)34)9-10-43-30-28(40)29(47-31-27(39)26(38)24(36)21(13-32)45-31)25(37)22(46-30)14-44-23(35)8-5-15-3-6-17(33)20(12-15)42-2/h3-8,11-12,21-22,24-34,36-40H,9-10,13-14H2,1-2H3/t21-,22-,24-,25-,26+,27-,28-,29+,30-,31+/m1/s1. The Morgan fingerprint density at radius 3 is 2.21 bits per heavy atom. The second-order valence-electron chi connectivity index (χ2n) is 10.8. The molecule has 0 saturated carbocycles. The summed E-state index contributed by atoms with van der Waals surface area (Å²) in [5, 5.41) is 82.3. The topological polar surface area (TPSA) is 244 Å². The van der Waals surface area contributed by atoms with Crippen molar-refractivity contribution < 1.29 is 78.8 Å². The molecule has 0 aromatic heterocycles. The number of esters is 1. The lowest BCUT2D eigenvalue weighted by atomic mass is 9.97. The van der Waals surface area contributed by atoms with Gasteiger partial charge in [0.2, 0.25) is 0 Å². The molecular formula is C31H40O16. The number of methoxy groups -OCH3 is 2. The molecule has 47 heavy (non-hydrogen) atoms. The van der Waals surface area contributed by atoms with E-state index >= 15 is 0 Å². The van der Waals surface area contributed by atoms with Gasteiger partial charge in [0.05, 0.1) is 27.4 Å². The molecule has 4 rings (SSSR count). The van der Waals surface area contributed by atoms with Gasteiger partial charge in [-0.1, -0.05) is 12.1 Å². The van der Waals surface area contributed by atoms with Crippen LogP contribution in [0.4, 0.5) is 0 Å². The molecule has 2 heterocycles. The second-order valence-corrected chi connectivity index (χ2v) is 10.8. The predicted octanol–water partition coefficient (Wildman–Crippen LogP) is -1.44. The number of aliphatic hydroxyl groups excluding tert-OH is 6. The number of benzene rings is 2. The minimum absolute atomic E-state index is 0.0539. The lowest BCUT2D eigenvalue weighted by Gasteiger charge is -2.46. The van der Waals surface area contributed by atoms with Crippen LogP contribution in [0, 0.1) is 0 Å². The number of carbonyl (C=O) groups is 1. The quantitative estimate of drug-likeness (QED) is 0.0900. The van der Waals surface area contributed by atoms with Gasteiger partial charge in [-0.05, 0) is 47.9 Å². The summed E-state index contributed by atoms with van der Waals surface area (Å²) in [6, 6.07) is 9.14. The van der Waals surface area contributed by atoms with E-state index in [4.69, 9.17) is 33.2 Å². The third-order valence-electron chi connectivity index (χ3n) is 7.70. The first-order chi connectivity index (χ1) is 22.5. The zero-order chi connectivity index (χ0) is 34.2. The summed E-state index contributed by atoms with van der Waals surface area (Å²) >= 11 is 0. The number of ether oxygens (including phenoxy) is 7. The summed E-state index contributed by atoms with van der Waals surface area (Å²) in [7, 11) is 2.78. The first-order valence-corrected chi connectivity index (χ1v) is 14.6. The summed E-state index contributed by atoms with van der Waals surface area (Å²) in [5.74, 6) is -0.536. The van der Waals surface area contributed by atoms with E-state index in [9.17, 15) is 45.6 Å². The fraction of sp³-hybridized carbons (Fsp3) is 0.516. The first-order valence-electron chi connectivity index (χ1n) is 14.6. The summed E-state index contributed by atoms with van der Waals surface area (Å²) in [6.07, 6.45) is -13.4. The Hall–Kier alpha value is -3.55. The molecule has 2 fully saturated rings. The number of phenols is 2. The fourth-order valence-electron chi connectivity index (χ4n) is 5.03. The van der Waals surface area contributed by atoms with Crippen molar-refractivity contribution in [1.82, 2.24) is 0 Å². The summed E-state index contributed by atoms with van der Waals surface area (Å²) in [6.45, 7) is -1.34. The maximum Gasteiger partial charge on any atom is 0.330 e. The Morgan fingerprint density at radius 1 is 0.809 bits per heavy atom. The molecule has 0 spiro atoms. The van der Waals surface area contributed by atoms with E-state index in [2.05, 4.69) is 0 Å². The highest BCUT2D eigenvalue weighted by Gasteiger charge is 2.51. The Labute approximate surface area is 269 Å². The Morgan fingerprint density at radius 2 is 1.53 bits per heavy atom. The van der Waals surface area contributed by atoms with Crippen molar-refractivity contribution >= 4 is 12.0 Å². The van der Waals surface area contributed by atoms with E-state index in [1.165, 1.54) is 44.6 Å². The third kappa shape index (κ3) is 8.88. The highest BCUT2D eigenvalue weighted by atomic mass is 16.7. The highest BCUT2D eigenvalue weighted by Crippen LogP contribution is 2.31. The first kappa shape index (κ1) is 36.3. The van der Waals surface area contributed by atoms with Gasteiger partial charge < -0.3 is 74.0 Å². The SMILES string of the molecule is COc1ccc(CCO[C@@H]2O[C@H](COC(=O)C=Cc3ccc(O)c(OC)c3)[C@@H](O)[C@H](O[C@@H]3O[C@H](CO)[C@@H](O)[C@H](O)[C@H]3O)[C@H]2O)cc1O. The van der Waals surface area contributed by atoms with Crippen LogP contribution in [0.5, 0.6) is 23.0 Å². The average Bonchev–Trinajstić information content (AvgIpc) is 3.06. The molecule has 16 heteroatoms. The van der Waals surface area contributed by atoms with Crippen LogP contribution in [0.2, 0.25) is 0 Å². The van der Waals surface area contributed by atoms with Gasteiger partial charge >= 0.3 is 5.97 Å². The smallest absolute Gasteiger partial charge is 0.330 e. The highest BCUT2D eigenvalue weighted by molar-refractivity contribution is 5.87. The summed E-state index contributed by atoms with van der Waals surface area (Å²) in [4.78, 5) is 12.5. The molecule has 260 valence electrons. The minimum Gasteiger partial charge on any atom is -0.504 e. The number of rotatable bonds is 13. The molecule has 10 atom stereocenters. The molecule has 2 aliphatic heterocycles. The second kappa shape index (κ2) is 16.5. The van der Waals surface area contributed by atoms with Gasteiger partial charge in [-0.15, -0.1) is 0 Å². The Kier molecular flexibility index (Phi) is 12.8. The van der Waals surface area contributed by atoms with Crippen LogP contribution in [0.3, 0.4) is 0 Å². The van der Waals surface area contributed by atoms with Crippen LogP contribution in [0.1, 0.15) is 11.1 Å². The molecule has 0 bridgehead atoms. The lowest BCUT2D eigenvalue weighted by Crippen LogP contribution is -2.65. The van der Waals surface area contributed by atoms with Gasteiger partial charge in [-0.25, -0.2) is 4.79 Å². The van der Waals surface area contributed by atoms with Gasteiger partial charge in [0.25, 0.3) is 0 Å². The zero-order valence-corrected chi connectivity index (χ0v) is 25.6. The van der Waals surface area contributed by atoms with Gasteiger partial charge in [-0.2, -0.15) is 0 Å². The molecular weight excluding hydrogens is 628 g/mol. The monoisotopic (exact) mass is 668 g/mol. The van der Waals surface area contributed by atoms with Gasteiger partial charge in [-0.3, -0.25) is 0 Å². The number of phenolic OH excluding ortho intramolecular Hbond substituents is 2. The molecule has 2 aromatic carbocycles. The minimum atomic E-state index is -1.84. The fourth-order valence-corrected chi connectivity index (χ4v) is 5.03. The molecule has 8 N–H and O–H groups in total. The molecule has 0 aliphatic carbocycles. The number of aliphatic hydroxyl groups is 6. The van der Waals surface area contributed by atoms with Crippen molar-refractivity contribution in [2.75, 3.05) is 34.0 Å². The van der Waals surface area contributed by atoms with E-state index in [0.717, 1.165) is 6.08 Å². The number of hydrogen-bond acceptors (Lipinski definition) is 16. The average molecular weight is 669 g/mol. The molecule has 2 aromatic rings. The van der Waals surface area contributed by atoms with Crippen LogP contribution < -0.4 is 9.47 Å². The largest absolute Gasteiger partial charge is 0.504 e. The molecule has 2 saturated heterocycles. The molecule has 0 radical (unpaired) electrons. The van der Waals surface area contributed by atoms with E-state index in [-0.39, 0.29) is 36.0 Å². The maximum absolute atomic E-state index is 12.5. The van der Waals surface area contributed by atoms with Gasteiger partial charge in [0.15, 0.2) is 35.6 Å². The van der Waals surface area contributed by atoms with Crippen molar-refractivity contribution in [3.63, 3.8) is 0 Å². The number of carbonyl (C=O) groups excluding carboxylic acids is 1. The molecule has 2 aliphatic rings. The van der Waals surface area contributed by atoms with Crippen molar-refractivity contribution in [2.24, 2.45) is 0 Å². The van der Waals surface area contributed by atoms with Gasteiger partial charge in [0.1, 0.15) is 55.4 Å². The Balaban J connectivity index is 1.46. The Bertz CT molecular complexity index is 1350. The van der Waals surface area contributed by atoms with Crippen molar-refractivity contribution in [1.29, 1.82) is 0 Å². The van der Waals surface area contributed by atoms with Crippen LogP contribution in [-0.4, -0.2) is 142 Å². The molecule has 16 nitrogen and oxygen atoms in total. The normalized spacial score (nSPS) is 31.1. The maximum atomic E-state index is 12.5. The van der Waals surface area contributed by atoms with Crippen LogP contribution >= 0.6 is 0 Å². The third-order valence-corrected chi connectivity index (χ3v) is 7.70. The van der Waals surface area contributed by atoms with Crippen molar-refractivity contribution in [2.45, 2.75) is 67.8 Å². The van der Waals surface area contributed by atoms with Crippen LogP contribution in [-0.2, 0) is 34.9 Å². The van der Waals surface area contributed by atoms with Crippen LogP contribution in [0.25, 0.3) is 6.08 Å². The number of aromatic hydroxyl groups is 2. The summed E-state index contributed by atoms with van der Waals surface area (Å²) in [5.41, 5.74) is 1.17. The van der Waals surface area contributed by atoms with Gasteiger partial charge in [0, 0.05) is 6.08 Å². The number of hydrogen-bond donors (Lipinski definition) is 8. The van der Waals surface area contributed by atoms with E-state index in [1.807, 2.05) is 0 Å². The molecule has 0 amide bonds. The lowest BCUT2D eigenvalue weighted by molar-refractivity contribution is -0.360. The molecule has 0 unspecified atom stereocenters. The van der Waals surface area contributed by atoms with Crippen molar-refractivity contribution in [3.05, 3.63) is 53.6 Å². The summed E-state index contributed by atoms with van der Waals surface area (Å²) < 4.78 is 37.9. The van der Waals surface area contributed by atoms with E-state index < -0.39 is 80.6 Å².